The first kappa shape index (κ1) is 12.6. The number of nitrogens with zero attached hydrogens (tertiary/aromatic N) is 1. The molecule has 3 aromatic rings. The zero-order valence-corrected chi connectivity index (χ0v) is 11.6. The Balaban J connectivity index is 2.38. The fraction of sp³-hybridized carbons (Fsp3) is 0.176. The van der Waals surface area contributed by atoms with Crippen LogP contribution in [0.4, 0.5) is 0 Å². The Bertz CT molecular complexity index is 787. The van der Waals surface area contributed by atoms with Gasteiger partial charge in [-0.15, -0.1) is 0 Å². The van der Waals surface area contributed by atoms with E-state index in [1.54, 1.807) is 24.3 Å². The van der Waals surface area contributed by atoms with Gasteiger partial charge in [0.1, 0.15) is 11.5 Å². The molecule has 0 unspecified atom stereocenters. The van der Waals surface area contributed by atoms with E-state index in [1.807, 2.05) is 18.2 Å². The highest BCUT2D eigenvalue weighted by Gasteiger charge is 2.15. The van der Waals surface area contributed by atoms with Crippen molar-refractivity contribution in [3.63, 3.8) is 0 Å². The molecule has 0 aliphatic rings. The predicted octanol–water partition coefficient (Wildman–Crippen LogP) is 4.05. The van der Waals surface area contributed by atoms with Gasteiger partial charge < -0.3 is 14.8 Å². The highest BCUT2D eigenvalue weighted by molar-refractivity contribution is 5.92. The lowest BCUT2D eigenvalue weighted by molar-refractivity contribution is 0.475. The third kappa shape index (κ3) is 1.83. The topological polar surface area (TPSA) is 45.4 Å². The molecular formula is C17H17NO2. The molecule has 3 nitrogen and oxygen atoms in total. The monoisotopic (exact) mass is 267 g/mol. The quantitative estimate of drug-likeness (QED) is 0.735. The van der Waals surface area contributed by atoms with Gasteiger partial charge in [0, 0.05) is 23.6 Å². The standard InChI is InChI=1S/C17H17NO2/c1-3-18-16-10-14(20)7-8-15(16)11(2)17(18)12-5-4-6-13(19)9-12/h4-10,19-20H,3H2,1-2H3. The summed E-state index contributed by atoms with van der Waals surface area (Å²) in [6.45, 7) is 4.96. The van der Waals surface area contributed by atoms with Gasteiger partial charge in [0.2, 0.25) is 0 Å². The minimum absolute atomic E-state index is 0.262. The molecular weight excluding hydrogens is 250 g/mol. The van der Waals surface area contributed by atoms with Crippen LogP contribution in [0.1, 0.15) is 12.5 Å². The number of hydrogen-bond donors (Lipinski definition) is 2. The van der Waals surface area contributed by atoms with Crippen molar-refractivity contribution in [3.05, 3.63) is 48.0 Å². The molecule has 0 atom stereocenters. The Morgan fingerprint density at radius 1 is 1.00 bits per heavy atom. The van der Waals surface area contributed by atoms with Gasteiger partial charge in [-0.25, -0.2) is 0 Å². The molecule has 0 saturated heterocycles. The fourth-order valence-electron chi connectivity index (χ4n) is 2.86. The molecule has 0 spiro atoms. The predicted molar refractivity (Wildman–Crippen MR) is 81.1 cm³/mol. The minimum Gasteiger partial charge on any atom is -0.508 e. The Hall–Kier alpha value is -2.42. The van der Waals surface area contributed by atoms with Gasteiger partial charge in [-0.05, 0) is 43.7 Å². The number of aryl methyl sites for hydroxylation is 2. The maximum Gasteiger partial charge on any atom is 0.117 e. The second kappa shape index (κ2) is 4.60. The lowest BCUT2D eigenvalue weighted by Crippen LogP contribution is -1.97. The zero-order chi connectivity index (χ0) is 14.3. The third-order valence-electron chi connectivity index (χ3n) is 3.74. The first-order valence-corrected chi connectivity index (χ1v) is 6.73. The lowest BCUT2D eigenvalue weighted by atomic mass is 10.1. The van der Waals surface area contributed by atoms with E-state index in [1.165, 1.54) is 0 Å². The number of phenolic OH excluding ortho intramolecular Hbond substituents is 2. The van der Waals surface area contributed by atoms with Crippen LogP contribution in [0.2, 0.25) is 0 Å². The van der Waals surface area contributed by atoms with Crippen LogP contribution >= 0.6 is 0 Å². The van der Waals surface area contributed by atoms with Crippen LogP contribution in [0.25, 0.3) is 22.2 Å². The summed E-state index contributed by atoms with van der Waals surface area (Å²) in [5.41, 5.74) is 4.25. The summed E-state index contributed by atoms with van der Waals surface area (Å²) in [6, 6.07) is 12.7. The van der Waals surface area contributed by atoms with Crippen LogP contribution < -0.4 is 0 Å². The summed E-state index contributed by atoms with van der Waals surface area (Å²) < 4.78 is 2.17. The van der Waals surface area contributed by atoms with E-state index in [-0.39, 0.29) is 11.5 Å². The summed E-state index contributed by atoms with van der Waals surface area (Å²) in [6.07, 6.45) is 0. The van der Waals surface area contributed by atoms with Crippen molar-refractivity contribution in [2.45, 2.75) is 20.4 Å². The normalized spacial score (nSPS) is 11.1. The van der Waals surface area contributed by atoms with Gasteiger partial charge in [0.05, 0.1) is 11.2 Å². The van der Waals surface area contributed by atoms with E-state index in [0.717, 1.165) is 34.3 Å². The van der Waals surface area contributed by atoms with Gasteiger partial charge in [-0.3, -0.25) is 0 Å². The van der Waals surface area contributed by atoms with E-state index >= 15 is 0 Å². The summed E-state index contributed by atoms with van der Waals surface area (Å²) >= 11 is 0. The number of fused-ring (bicyclic) bond motifs is 1. The molecule has 102 valence electrons. The van der Waals surface area contributed by atoms with Crippen molar-refractivity contribution in [1.82, 2.24) is 4.57 Å². The molecule has 2 aromatic carbocycles. The van der Waals surface area contributed by atoms with Gasteiger partial charge in [0.15, 0.2) is 0 Å². The average Bonchev–Trinajstić information content (AvgIpc) is 2.70. The molecule has 0 aliphatic carbocycles. The molecule has 3 rings (SSSR count). The van der Waals surface area contributed by atoms with Gasteiger partial charge in [0.25, 0.3) is 0 Å². The highest BCUT2D eigenvalue weighted by Crippen LogP contribution is 2.35. The molecule has 2 N–H and O–H groups in total. The zero-order valence-electron chi connectivity index (χ0n) is 11.6. The van der Waals surface area contributed by atoms with E-state index in [9.17, 15) is 10.2 Å². The molecule has 0 bridgehead atoms. The second-order valence-corrected chi connectivity index (χ2v) is 4.97. The molecule has 3 heteroatoms. The van der Waals surface area contributed by atoms with Crippen LogP contribution in [0.15, 0.2) is 42.5 Å². The number of hydrogen-bond acceptors (Lipinski definition) is 2. The van der Waals surface area contributed by atoms with Crippen molar-refractivity contribution in [2.24, 2.45) is 0 Å². The number of phenols is 2. The van der Waals surface area contributed by atoms with Crippen LogP contribution in [0.5, 0.6) is 11.5 Å². The molecule has 0 radical (unpaired) electrons. The minimum atomic E-state index is 0.262. The third-order valence-corrected chi connectivity index (χ3v) is 3.74. The van der Waals surface area contributed by atoms with Crippen molar-refractivity contribution >= 4 is 10.9 Å². The summed E-state index contributed by atoms with van der Waals surface area (Å²) in [5, 5.41) is 20.5. The van der Waals surface area contributed by atoms with E-state index in [4.69, 9.17) is 0 Å². The maximum atomic E-state index is 9.71. The Labute approximate surface area is 117 Å². The van der Waals surface area contributed by atoms with Gasteiger partial charge in [-0.1, -0.05) is 12.1 Å². The lowest BCUT2D eigenvalue weighted by Gasteiger charge is -2.09. The van der Waals surface area contributed by atoms with Crippen LogP contribution in [-0.4, -0.2) is 14.8 Å². The van der Waals surface area contributed by atoms with Crippen molar-refractivity contribution in [2.75, 3.05) is 0 Å². The van der Waals surface area contributed by atoms with E-state index < -0.39 is 0 Å². The number of rotatable bonds is 2. The second-order valence-electron chi connectivity index (χ2n) is 4.97. The molecule has 0 amide bonds. The molecule has 1 aromatic heterocycles. The van der Waals surface area contributed by atoms with E-state index in [0.29, 0.717) is 0 Å². The first-order valence-electron chi connectivity index (χ1n) is 6.73. The summed E-state index contributed by atoms with van der Waals surface area (Å²) in [7, 11) is 0. The van der Waals surface area contributed by atoms with E-state index in [2.05, 4.69) is 18.4 Å². The highest BCUT2D eigenvalue weighted by atomic mass is 16.3. The molecule has 20 heavy (non-hydrogen) atoms. The van der Waals surface area contributed by atoms with Crippen molar-refractivity contribution in [1.29, 1.82) is 0 Å². The van der Waals surface area contributed by atoms with Crippen molar-refractivity contribution < 1.29 is 10.2 Å². The molecule has 0 aliphatic heterocycles. The maximum absolute atomic E-state index is 9.71. The largest absolute Gasteiger partial charge is 0.508 e. The molecule has 0 saturated carbocycles. The SMILES string of the molecule is CCn1c(-c2cccc(O)c2)c(C)c2ccc(O)cc21. The number of aromatic nitrogens is 1. The average molecular weight is 267 g/mol. The van der Waals surface area contributed by atoms with Crippen LogP contribution in [-0.2, 0) is 6.54 Å². The summed E-state index contributed by atoms with van der Waals surface area (Å²) in [5.74, 6) is 0.532. The van der Waals surface area contributed by atoms with Crippen LogP contribution in [0.3, 0.4) is 0 Å². The molecule has 1 heterocycles. The fourth-order valence-corrected chi connectivity index (χ4v) is 2.86. The van der Waals surface area contributed by atoms with Gasteiger partial charge >= 0.3 is 0 Å². The Morgan fingerprint density at radius 2 is 1.75 bits per heavy atom. The number of benzene rings is 2. The van der Waals surface area contributed by atoms with Crippen molar-refractivity contribution in [3.8, 4) is 22.8 Å². The molecule has 0 fully saturated rings. The number of aromatic hydroxyl groups is 2. The Kier molecular flexibility index (Phi) is 2.90. The Morgan fingerprint density at radius 3 is 2.45 bits per heavy atom. The van der Waals surface area contributed by atoms with Crippen LogP contribution in [0, 0.1) is 6.92 Å². The smallest absolute Gasteiger partial charge is 0.117 e. The summed E-state index contributed by atoms with van der Waals surface area (Å²) in [4.78, 5) is 0. The van der Waals surface area contributed by atoms with Gasteiger partial charge in [-0.2, -0.15) is 0 Å². The first-order chi connectivity index (χ1) is 9.61.